The molecule has 1 nitrogen and oxygen atoms in total. The first-order valence-electron chi connectivity index (χ1n) is 2.26. The Morgan fingerprint density at radius 1 is 1.29 bits per heavy atom. The van der Waals surface area contributed by atoms with Crippen LogP contribution in [-0.4, -0.2) is 13.2 Å². The standard InChI is InChI=1S/C4H10O.ClH.Zn/c1-3-5-4-2;;/h3-4H2,1-2H3;1H;/q;;+1/p-1. The third-order valence-corrected chi connectivity index (χ3v) is 0.408. The van der Waals surface area contributed by atoms with Gasteiger partial charge in [0.1, 0.15) is 0 Å². The van der Waals surface area contributed by atoms with Crippen molar-refractivity contribution in [2.24, 2.45) is 0 Å². The van der Waals surface area contributed by atoms with E-state index in [1.807, 2.05) is 13.8 Å². The summed E-state index contributed by atoms with van der Waals surface area (Å²) in [6, 6.07) is 0. The van der Waals surface area contributed by atoms with E-state index in [9.17, 15) is 0 Å². The van der Waals surface area contributed by atoms with Crippen LogP contribution in [0.15, 0.2) is 0 Å². The summed E-state index contributed by atoms with van der Waals surface area (Å²) in [6.45, 7) is 5.67. The van der Waals surface area contributed by atoms with Crippen LogP contribution in [0.5, 0.6) is 0 Å². The van der Waals surface area contributed by atoms with Crippen molar-refractivity contribution < 1.29 is 22.0 Å². The van der Waals surface area contributed by atoms with Crippen LogP contribution in [0.4, 0.5) is 0 Å². The number of ether oxygens (including phenoxy) is 1. The Morgan fingerprint density at radius 3 is 1.57 bits per heavy atom. The topological polar surface area (TPSA) is 9.23 Å². The molecule has 0 bridgehead atoms. The molecule has 41 valence electrons. The second-order valence-electron chi connectivity index (χ2n) is 0.781. The van der Waals surface area contributed by atoms with Gasteiger partial charge in [0, 0.05) is 13.2 Å². The van der Waals surface area contributed by atoms with Crippen LogP contribution in [0.2, 0.25) is 0 Å². The van der Waals surface area contributed by atoms with Gasteiger partial charge in [0.2, 0.25) is 0 Å². The molecule has 0 rings (SSSR count). The molecule has 0 atom stereocenters. The van der Waals surface area contributed by atoms with E-state index in [1.54, 1.807) is 0 Å². The summed E-state index contributed by atoms with van der Waals surface area (Å²) in [6.07, 6.45) is 0. The molecule has 0 N–H and O–H groups in total. The second kappa shape index (κ2) is 15.8. The molecule has 3 heteroatoms. The molecule has 0 fully saturated rings. The first-order chi connectivity index (χ1) is 3.41. The van der Waals surface area contributed by atoms with Gasteiger partial charge in [0.25, 0.3) is 0 Å². The van der Waals surface area contributed by atoms with Gasteiger partial charge in [-0.25, -0.2) is 0 Å². The molecule has 0 aromatic rings. The molecule has 0 aliphatic heterocycles. The second-order valence-corrected chi connectivity index (χ2v) is 0.781. The Labute approximate surface area is 59.1 Å². The van der Waals surface area contributed by atoms with E-state index < -0.39 is 0 Å². The molecule has 0 aromatic carbocycles. The predicted octanol–water partition coefficient (Wildman–Crippen LogP) is 1.73. The monoisotopic (exact) mass is 173 g/mol. The summed E-state index contributed by atoms with van der Waals surface area (Å²) in [5.74, 6) is 0. The van der Waals surface area contributed by atoms with Crippen molar-refractivity contribution in [1.82, 2.24) is 0 Å². The molecule has 0 saturated heterocycles. The van der Waals surface area contributed by atoms with E-state index >= 15 is 0 Å². The summed E-state index contributed by atoms with van der Waals surface area (Å²) in [5, 5.41) is 0. The summed E-state index contributed by atoms with van der Waals surface area (Å²) >= 11 is 0.847. The molecular weight excluding hydrogens is 165 g/mol. The minimum absolute atomic E-state index is 0.844. The fourth-order valence-corrected chi connectivity index (χ4v) is 0.204. The van der Waals surface area contributed by atoms with E-state index in [2.05, 4.69) is 0 Å². The molecule has 0 spiro atoms. The van der Waals surface area contributed by atoms with E-state index in [1.165, 1.54) is 0 Å². The Hall–Kier alpha value is 0.873. The molecule has 0 unspecified atom stereocenters. The normalized spacial score (nSPS) is 7.00. The van der Waals surface area contributed by atoms with Crippen molar-refractivity contribution in [1.29, 1.82) is 0 Å². The average molecular weight is 175 g/mol. The minimum atomic E-state index is 0.844. The molecule has 0 aromatic heterocycles. The fourth-order valence-electron chi connectivity index (χ4n) is 0.204. The van der Waals surface area contributed by atoms with Gasteiger partial charge in [-0.15, -0.1) is 0 Å². The van der Waals surface area contributed by atoms with Crippen LogP contribution in [0.25, 0.3) is 0 Å². The Balaban J connectivity index is 0. The first kappa shape index (κ1) is 10.8. The summed E-state index contributed by atoms with van der Waals surface area (Å²) in [4.78, 5) is 0. The average Bonchev–Trinajstić information content (AvgIpc) is 1.75. The van der Waals surface area contributed by atoms with E-state index in [-0.39, 0.29) is 0 Å². The summed E-state index contributed by atoms with van der Waals surface area (Å²) in [7, 11) is 4.76. The van der Waals surface area contributed by atoms with Crippen LogP contribution in [0, 0.1) is 0 Å². The predicted molar refractivity (Wildman–Crippen MR) is 28.0 cm³/mol. The van der Waals surface area contributed by atoms with Crippen molar-refractivity contribution in [3.63, 3.8) is 0 Å². The molecular formula is C4H10ClOZn. The van der Waals surface area contributed by atoms with Crippen LogP contribution in [0.3, 0.4) is 0 Å². The summed E-state index contributed by atoms with van der Waals surface area (Å²) in [5.41, 5.74) is 0. The van der Waals surface area contributed by atoms with Crippen molar-refractivity contribution in [3.8, 4) is 0 Å². The molecule has 7 heavy (non-hydrogen) atoms. The van der Waals surface area contributed by atoms with Gasteiger partial charge in [-0.3, -0.25) is 0 Å². The van der Waals surface area contributed by atoms with Gasteiger partial charge >= 0.3 is 27.0 Å². The molecule has 0 heterocycles. The molecule has 0 radical (unpaired) electrons. The number of halogens is 1. The Morgan fingerprint density at radius 2 is 1.57 bits per heavy atom. The van der Waals surface area contributed by atoms with Crippen molar-refractivity contribution >= 4 is 9.69 Å². The molecule has 0 amide bonds. The molecule has 0 aliphatic rings. The Bertz CT molecular complexity index is 19.2. The van der Waals surface area contributed by atoms with Gasteiger partial charge in [-0.1, -0.05) is 0 Å². The third kappa shape index (κ3) is 19.8. The van der Waals surface area contributed by atoms with Gasteiger partial charge in [0.05, 0.1) is 0 Å². The van der Waals surface area contributed by atoms with E-state index in [0.717, 1.165) is 30.5 Å². The zero-order valence-corrected chi connectivity index (χ0v) is 8.63. The van der Waals surface area contributed by atoms with Crippen LogP contribution < -0.4 is 0 Å². The maximum absolute atomic E-state index is 4.83. The van der Waals surface area contributed by atoms with Crippen molar-refractivity contribution in [2.45, 2.75) is 13.8 Å². The van der Waals surface area contributed by atoms with Gasteiger partial charge in [0.15, 0.2) is 0 Å². The SMILES string of the molecule is CCOCC.[Cl][Zn]. The van der Waals surface area contributed by atoms with Gasteiger partial charge < -0.3 is 4.74 Å². The zero-order valence-electron chi connectivity index (χ0n) is 4.91. The first-order valence-corrected chi connectivity index (χ1v) is 6.16. The summed E-state index contributed by atoms with van der Waals surface area (Å²) < 4.78 is 4.83. The molecule has 0 aliphatic carbocycles. The van der Waals surface area contributed by atoms with E-state index in [4.69, 9.17) is 14.4 Å². The van der Waals surface area contributed by atoms with Gasteiger partial charge in [-0.05, 0) is 13.8 Å². The van der Waals surface area contributed by atoms with Gasteiger partial charge in [-0.2, -0.15) is 0 Å². The van der Waals surface area contributed by atoms with Crippen molar-refractivity contribution in [3.05, 3.63) is 0 Å². The third-order valence-electron chi connectivity index (χ3n) is 0.408. The van der Waals surface area contributed by atoms with Crippen LogP contribution in [0.1, 0.15) is 13.8 Å². The van der Waals surface area contributed by atoms with Crippen molar-refractivity contribution in [2.75, 3.05) is 13.2 Å². The molecule has 0 saturated carbocycles. The van der Waals surface area contributed by atoms with Crippen LogP contribution in [-0.2, 0) is 22.0 Å². The Kier molecular flexibility index (Phi) is 24.3. The number of rotatable bonds is 2. The number of hydrogen-bond donors (Lipinski definition) is 0. The zero-order chi connectivity index (χ0) is 6.12. The van der Waals surface area contributed by atoms with E-state index in [0.29, 0.717) is 0 Å². The van der Waals surface area contributed by atoms with Crippen LogP contribution >= 0.6 is 9.69 Å². The number of hydrogen-bond acceptors (Lipinski definition) is 1. The fraction of sp³-hybridized carbons (Fsp3) is 1.00. The maximum atomic E-state index is 4.83. The quantitative estimate of drug-likeness (QED) is 0.580.